The maximum atomic E-state index is 3.68. The van der Waals surface area contributed by atoms with Gasteiger partial charge in [0, 0.05) is 18.4 Å². The minimum absolute atomic E-state index is 0. The Morgan fingerprint density at radius 2 is 2.09 bits per heavy atom. The lowest BCUT2D eigenvalue weighted by molar-refractivity contribution is 0.268. The molecule has 0 saturated heterocycles. The summed E-state index contributed by atoms with van der Waals surface area (Å²) in [7, 11) is 0. The van der Waals surface area contributed by atoms with Crippen LogP contribution in [-0.4, -0.2) is 22.5 Å². The SMILES string of the molecule is C=CN1C=CN(C(C)C)C1.Cl. The normalized spacial score (nSPS) is 15.5. The van der Waals surface area contributed by atoms with E-state index in [1.165, 1.54) is 0 Å². The molecule has 3 heteroatoms. The highest BCUT2D eigenvalue weighted by atomic mass is 35.5. The maximum Gasteiger partial charge on any atom is 0.0938 e. The third-order valence-electron chi connectivity index (χ3n) is 1.67. The Bertz CT molecular complexity index is 154. The largest absolute Gasteiger partial charge is 0.356 e. The van der Waals surface area contributed by atoms with E-state index < -0.39 is 0 Å². The van der Waals surface area contributed by atoms with E-state index in [9.17, 15) is 0 Å². The summed E-state index contributed by atoms with van der Waals surface area (Å²) in [5.41, 5.74) is 0. The summed E-state index contributed by atoms with van der Waals surface area (Å²) < 4.78 is 0. The number of hydrogen-bond donors (Lipinski definition) is 0. The lowest BCUT2D eigenvalue weighted by Crippen LogP contribution is -2.27. The molecular weight excluding hydrogens is 160 g/mol. The van der Waals surface area contributed by atoms with Gasteiger partial charge in [0.15, 0.2) is 0 Å². The average molecular weight is 175 g/mol. The quantitative estimate of drug-likeness (QED) is 0.632. The van der Waals surface area contributed by atoms with E-state index in [1.54, 1.807) is 0 Å². The Hall–Kier alpha value is -0.630. The molecule has 0 spiro atoms. The Balaban J connectivity index is 0.000001000. The van der Waals surface area contributed by atoms with Crippen molar-refractivity contribution in [1.82, 2.24) is 9.80 Å². The molecule has 0 aromatic rings. The molecule has 2 nitrogen and oxygen atoms in total. The van der Waals surface area contributed by atoms with Crippen molar-refractivity contribution >= 4 is 12.4 Å². The molecule has 0 fully saturated rings. The molecule has 0 aromatic heterocycles. The topological polar surface area (TPSA) is 6.48 Å². The highest BCUT2D eigenvalue weighted by Gasteiger charge is 2.11. The van der Waals surface area contributed by atoms with E-state index >= 15 is 0 Å². The lowest BCUT2D eigenvalue weighted by atomic mass is 10.4. The summed E-state index contributed by atoms with van der Waals surface area (Å²) in [6.07, 6.45) is 5.96. The standard InChI is InChI=1S/C8H14N2.ClH/c1-4-9-5-6-10(7-9)8(2)3;/h4-6,8H,1,7H2,2-3H3;1H. The van der Waals surface area contributed by atoms with E-state index in [1.807, 2.05) is 12.4 Å². The Kier molecular flexibility index (Phi) is 4.04. The molecule has 1 aliphatic rings. The first-order valence-corrected chi connectivity index (χ1v) is 3.56. The Morgan fingerprint density at radius 1 is 1.45 bits per heavy atom. The van der Waals surface area contributed by atoms with Crippen LogP contribution in [0.4, 0.5) is 0 Å². The van der Waals surface area contributed by atoms with Crippen LogP contribution in [0.5, 0.6) is 0 Å². The molecule has 0 radical (unpaired) electrons. The van der Waals surface area contributed by atoms with Crippen LogP contribution in [0.15, 0.2) is 25.2 Å². The van der Waals surface area contributed by atoms with Crippen molar-refractivity contribution in [2.24, 2.45) is 0 Å². The lowest BCUT2D eigenvalue weighted by Gasteiger charge is -2.21. The van der Waals surface area contributed by atoms with Gasteiger partial charge in [0.2, 0.25) is 0 Å². The molecule has 64 valence electrons. The van der Waals surface area contributed by atoms with E-state index in [2.05, 4.69) is 36.4 Å². The number of halogens is 1. The first-order valence-electron chi connectivity index (χ1n) is 3.56. The fourth-order valence-corrected chi connectivity index (χ4v) is 0.908. The zero-order valence-electron chi connectivity index (χ0n) is 7.03. The highest BCUT2D eigenvalue weighted by molar-refractivity contribution is 5.85. The highest BCUT2D eigenvalue weighted by Crippen LogP contribution is 2.09. The molecule has 1 heterocycles. The van der Waals surface area contributed by atoms with Gasteiger partial charge >= 0.3 is 0 Å². The summed E-state index contributed by atoms with van der Waals surface area (Å²) >= 11 is 0. The third kappa shape index (κ3) is 2.46. The predicted molar refractivity (Wildman–Crippen MR) is 50.3 cm³/mol. The second-order valence-corrected chi connectivity index (χ2v) is 2.74. The second-order valence-electron chi connectivity index (χ2n) is 2.74. The van der Waals surface area contributed by atoms with Gasteiger partial charge in [0.1, 0.15) is 0 Å². The number of rotatable bonds is 2. The van der Waals surface area contributed by atoms with Crippen molar-refractivity contribution in [2.45, 2.75) is 19.9 Å². The van der Waals surface area contributed by atoms with Gasteiger partial charge in [-0.2, -0.15) is 0 Å². The minimum Gasteiger partial charge on any atom is -0.356 e. The smallest absolute Gasteiger partial charge is 0.0938 e. The van der Waals surface area contributed by atoms with Crippen LogP contribution in [0.25, 0.3) is 0 Å². The molecule has 0 amide bonds. The van der Waals surface area contributed by atoms with E-state index in [0.717, 1.165) is 6.67 Å². The molecule has 1 aliphatic heterocycles. The van der Waals surface area contributed by atoms with E-state index in [4.69, 9.17) is 0 Å². The van der Waals surface area contributed by atoms with Gasteiger partial charge in [-0.05, 0) is 20.0 Å². The molecule has 11 heavy (non-hydrogen) atoms. The van der Waals surface area contributed by atoms with Gasteiger partial charge in [-0.1, -0.05) is 6.58 Å². The van der Waals surface area contributed by atoms with E-state index in [0.29, 0.717) is 6.04 Å². The monoisotopic (exact) mass is 174 g/mol. The maximum absolute atomic E-state index is 3.68. The third-order valence-corrected chi connectivity index (χ3v) is 1.67. The van der Waals surface area contributed by atoms with Gasteiger partial charge < -0.3 is 9.80 Å². The number of hydrogen-bond acceptors (Lipinski definition) is 2. The molecule has 0 bridgehead atoms. The number of nitrogens with zero attached hydrogens (tertiary/aromatic N) is 2. The zero-order chi connectivity index (χ0) is 7.56. The van der Waals surface area contributed by atoms with Crippen molar-refractivity contribution in [3.05, 3.63) is 25.2 Å². The Labute approximate surface area is 74.6 Å². The summed E-state index contributed by atoms with van der Waals surface area (Å²) in [6.45, 7) is 8.99. The Morgan fingerprint density at radius 3 is 2.36 bits per heavy atom. The first kappa shape index (κ1) is 10.4. The fraction of sp³-hybridized carbons (Fsp3) is 0.500. The van der Waals surface area contributed by atoms with Crippen LogP contribution in [0.3, 0.4) is 0 Å². The molecule has 0 aliphatic carbocycles. The average Bonchev–Trinajstić information content (AvgIpc) is 2.34. The van der Waals surface area contributed by atoms with Crippen LogP contribution in [0.2, 0.25) is 0 Å². The van der Waals surface area contributed by atoms with Crippen molar-refractivity contribution in [3.63, 3.8) is 0 Å². The van der Waals surface area contributed by atoms with E-state index in [-0.39, 0.29) is 12.4 Å². The fourth-order valence-electron chi connectivity index (χ4n) is 0.908. The van der Waals surface area contributed by atoms with Crippen molar-refractivity contribution in [1.29, 1.82) is 0 Å². The predicted octanol–water partition coefficient (Wildman–Crippen LogP) is 2.01. The van der Waals surface area contributed by atoms with Crippen LogP contribution in [0, 0.1) is 0 Å². The molecule has 0 saturated carbocycles. The van der Waals surface area contributed by atoms with Gasteiger partial charge in [-0.3, -0.25) is 0 Å². The molecule has 0 aromatic carbocycles. The van der Waals surface area contributed by atoms with Crippen LogP contribution in [0.1, 0.15) is 13.8 Å². The molecule has 0 N–H and O–H groups in total. The van der Waals surface area contributed by atoms with Crippen molar-refractivity contribution in [3.8, 4) is 0 Å². The molecule has 1 rings (SSSR count). The first-order chi connectivity index (χ1) is 4.74. The summed E-state index contributed by atoms with van der Waals surface area (Å²) in [4.78, 5) is 4.31. The summed E-state index contributed by atoms with van der Waals surface area (Å²) in [5, 5.41) is 0. The summed E-state index contributed by atoms with van der Waals surface area (Å²) in [6, 6.07) is 0.584. The van der Waals surface area contributed by atoms with Gasteiger partial charge in [0.05, 0.1) is 6.67 Å². The van der Waals surface area contributed by atoms with Gasteiger partial charge in [-0.15, -0.1) is 12.4 Å². The molecule has 0 atom stereocenters. The van der Waals surface area contributed by atoms with Crippen molar-refractivity contribution in [2.75, 3.05) is 6.67 Å². The van der Waals surface area contributed by atoms with Gasteiger partial charge in [0.25, 0.3) is 0 Å². The zero-order valence-corrected chi connectivity index (χ0v) is 7.84. The van der Waals surface area contributed by atoms with Crippen LogP contribution < -0.4 is 0 Å². The van der Waals surface area contributed by atoms with Crippen molar-refractivity contribution < 1.29 is 0 Å². The molecular formula is C8H15ClN2. The van der Waals surface area contributed by atoms with Crippen LogP contribution in [-0.2, 0) is 0 Å². The van der Waals surface area contributed by atoms with Gasteiger partial charge in [-0.25, -0.2) is 0 Å². The molecule has 0 unspecified atom stereocenters. The summed E-state index contributed by atoms with van der Waals surface area (Å²) in [5.74, 6) is 0. The van der Waals surface area contributed by atoms with Crippen LogP contribution >= 0.6 is 12.4 Å². The second kappa shape index (κ2) is 4.29. The minimum atomic E-state index is 0.